The minimum absolute atomic E-state index is 1.16. The summed E-state index contributed by atoms with van der Waals surface area (Å²) in [5, 5.41) is 1.16. The van der Waals surface area contributed by atoms with Crippen molar-refractivity contribution < 1.29 is 0 Å². The first-order valence-corrected chi connectivity index (χ1v) is 4.91. The summed E-state index contributed by atoms with van der Waals surface area (Å²) >= 11 is 3.40. The van der Waals surface area contributed by atoms with Gasteiger partial charge in [-0.2, -0.15) is 0 Å². The highest BCUT2D eigenvalue weighted by Gasteiger charge is 1.86. The van der Waals surface area contributed by atoms with Crippen molar-refractivity contribution in [2.24, 2.45) is 0 Å². The predicted molar refractivity (Wildman–Crippen MR) is 46.9 cm³/mol. The van der Waals surface area contributed by atoms with E-state index in [2.05, 4.69) is 29.3 Å². The molecule has 9 heavy (non-hydrogen) atoms. The van der Waals surface area contributed by atoms with Gasteiger partial charge < -0.3 is 0 Å². The molecule has 0 amide bonds. The molecule has 0 unspecified atom stereocenters. The smallest absolute Gasteiger partial charge is 0.00313 e. The number of hydrogen-bond donors (Lipinski definition) is 0. The molecule has 0 aromatic carbocycles. The van der Waals surface area contributed by atoms with Crippen molar-refractivity contribution >= 4 is 15.9 Å². The molecular formula is C8H16Br. The molecule has 0 saturated heterocycles. The Morgan fingerprint density at radius 2 is 2.00 bits per heavy atom. The average Bonchev–Trinajstić information content (AvgIpc) is 1.89. The van der Waals surface area contributed by atoms with E-state index in [1.807, 2.05) is 0 Å². The second-order valence-electron chi connectivity index (χ2n) is 2.26. The van der Waals surface area contributed by atoms with Gasteiger partial charge in [0.25, 0.3) is 0 Å². The summed E-state index contributed by atoms with van der Waals surface area (Å²) in [7, 11) is 0. The van der Waals surface area contributed by atoms with Gasteiger partial charge in [-0.1, -0.05) is 48.5 Å². The van der Waals surface area contributed by atoms with E-state index in [4.69, 9.17) is 0 Å². The van der Waals surface area contributed by atoms with Gasteiger partial charge in [-0.05, 0) is 12.8 Å². The first kappa shape index (κ1) is 9.48. The summed E-state index contributed by atoms with van der Waals surface area (Å²) in [4.78, 5) is 0. The lowest BCUT2D eigenvalue weighted by Crippen LogP contribution is -1.79. The Hall–Kier alpha value is 0.480. The molecule has 0 saturated carbocycles. The number of rotatable bonds is 6. The Bertz CT molecular complexity index is 37.8. The zero-order valence-corrected chi connectivity index (χ0v) is 7.78. The van der Waals surface area contributed by atoms with Crippen LogP contribution in [0.25, 0.3) is 0 Å². The molecule has 0 bridgehead atoms. The predicted octanol–water partition coefficient (Wildman–Crippen LogP) is 3.56. The Morgan fingerprint density at radius 3 is 2.56 bits per heavy atom. The van der Waals surface area contributed by atoms with Gasteiger partial charge in [0, 0.05) is 5.33 Å². The van der Waals surface area contributed by atoms with Gasteiger partial charge in [0.1, 0.15) is 0 Å². The molecule has 0 N–H and O–H groups in total. The molecule has 0 rings (SSSR count). The van der Waals surface area contributed by atoms with Crippen molar-refractivity contribution in [2.75, 3.05) is 5.33 Å². The molecule has 55 valence electrons. The lowest BCUT2D eigenvalue weighted by Gasteiger charge is -1.95. The Labute approximate surface area is 67.2 Å². The van der Waals surface area contributed by atoms with Crippen molar-refractivity contribution in [3.8, 4) is 0 Å². The van der Waals surface area contributed by atoms with Crippen LogP contribution < -0.4 is 0 Å². The van der Waals surface area contributed by atoms with Crippen LogP contribution in [0.5, 0.6) is 0 Å². The van der Waals surface area contributed by atoms with E-state index in [-0.39, 0.29) is 0 Å². The number of unbranched alkanes of at least 4 members (excludes halogenated alkanes) is 5. The first-order chi connectivity index (χ1) is 4.41. The lowest BCUT2D eigenvalue weighted by atomic mass is 10.1. The summed E-state index contributed by atoms with van der Waals surface area (Å²) in [5.74, 6) is 0. The topological polar surface area (TPSA) is 0 Å². The fraction of sp³-hybridized carbons (Fsp3) is 0.875. The average molecular weight is 192 g/mol. The highest BCUT2D eigenvalue weighted by atomic mass is 79.9. The van der Waals surface area contributed by atoms with E-state index in [9.17, 15) is 0 Å². The Kier molecular flexibility index (Phi) is 8.93. The van der Waals surface area contributed by atoms with E-state index < -0.39 is 0 Å². The van der Waals surface area contributed by atoms with Crippen LogP contribution >= 0.6 is 15.9 Å². The van der Waals surface area contributed by atoms with Crippen LogP contribution in [-0.4, -0.2) is 5.33 Å². The zero-order chi connectivity index (χ0) is 6.95. The van der Waals surface area contributed by atoms with E-state index in [1.54, 1.807) is 0 Å². The van der Waals surface area contributed by atoms with Gasteiger partial charge in [-0.25, -0.2) is 0 Å². The van der Waals surface area contributed by atoms with Crippen LogP contribution in [0.3, 0.4) is 0 Å². The third-order valence-electron chi connectivity index (χ3n) is 1.28. The quantitative estimate of drug-likeness (QED) is 0.446. The second kappa shape index (κ2) is 8.48. The van der Waals surface area contributed by atoms with Crippen LogP contribution in [0.1, 0.15) is 39.0 Å². The molecule has 0 fully saturated rings. The van der Waals surface area contributed by atoms with Gasteiger partial charge in [0.15, 0.2) is 0 Å². The Morgan fingerprint density at radius 1 is 1.22 bits per heavy atom. The third kappa shape index (κ3) is 8.48. The van der Waals surface area contributed by atoms with Crippen molar-refractivity contribution in [3.05, 3.63) is 6.42 Å². The minimum Gasteiger partial charge on any atom is -0.0928 e. The molecular weight excluding hydrogens is 176 g/mol. The van der Waals surface area contributed by atoms with Crippen molar-refractivity contribution in [1.82, 2.24) is 0 Å². The molecule has 0 atom stereocenters. The van der Waals surface area contributed by atoms with Crippen molar-refractivity contribution in [1.29, 1.82) is 0 Å². The molecule has 0 aliphatic carbocycles. The molecule has 0 nitrogen and oxygen atoms in total. The fourth-order valence-electron chi connectivity index (χ4n) is 0.732. The number of halogens is 1. The summed E-state index contributed by atoms with van der Waals surface area (Å²) in [6.07, 6.45) is 8.96. The zero-order valence-electron chi connectivity index (χ0n) is 6.20. The van der Waals surface area contributed by atoms with Crippen molar-refractivity contribution in [3.63, 3.8) is 0 Å². The van der Waals surface area contributed by atoms with Gasteiger partial charge in [-0.15, -0.1) is 0 Å². The SMILES string of the molecule is CCC[CH]CCCCBr. The molecule has 1 heteroatoms. The Balaban J connectivity index is 2.60. The maximum Gasteiger partial charge on any atom is 0.00313 e. The van der Waals surface area contributed by atoms with E-state index >= 15 is 0 Å². The molecule has 0 spiro atoms. The van der Waals surface area contributed by atoms with E-state index in [0.29, 0.717) is 0 Å². The van der Waals surface area contributed by atoms with Gasteiger partial charge in [0.2, 0.25) is 0 Å². The van der Waals surface area contributed by atoms with Gasteiger partial charge >= 0.3 is 0 Å². The van der Waals surface area contributed by atoms with Crippen LogP contribution in [0.2, 0.25) is 0 Å². The highest BCUT2D eigenvalue weighted by Crippen LogP contribution is 2.04. The summed E-state index contributed by atoms with van der Waals surface area (Å²) in [6, 6.07) is 0. The first-order valence-electron chi connectivity index (χ1n) is 3.79. The van der Waals surface area contributed by atoms with E-state index in [0.717, 1.165) is 5.33 Å². The van der Waals surface area contributed by atoms with Gasteiger partial charge in [-0.3, -0.25) is 0 Å². The van der Waals surface area contributed by atoms with Crippen molar-refractivity contribution in [2.45, 2.75) is 39.0 Å². The molecule has 0 aromatic heterocycles. The molecule has 0 aliphatic rings. The van der Waals surface area contributed by atoms with Crippen LogP contribution in [-0.2, 0) is 0 Å². The van der Waals surface area contributed by atoms with E-state index in [1.165, 1.54) is 32.1 Å². The molecule has 0 aromatic rings. The highest BCUT2D eigenvalue weighted by molar-refractivity contribution is 9.09. The summed E-state index contributed by atoms with van der Waals surface area (Å²) in [6.45, 7) is 2.22. The monoisotopic (exact) mass is 191 g/mol. The minimum atomic E-state index is 1.16. The van der Waals surface area contributed by atoms with Crippen LogP contribution in [0, 0.1) is 6.42 Å². The third-order valence-corrected chi connectivity index (χ3v) is 1.85. The summed E-state index contributed by atoms with van der Waals surface area (Å²) in [5.41, 5.74) is 0. The molecule has 1 radical (unpaired) electrons. The normalized spacial score (nSPS) is 10.0. The van der Waals surface area contributed by atoms with Crippen LogP contribution in [0.15, 0.2) is 0 Å². The summed E-state index contributed by atoms with van der Waals surface area (Å²) < 4.78 is 0. The lowest BCUT2D eigenvalue weighted by molar-refractivity contribution is 0.743. The number of hydrogen-bond acceptors (Lipinski definition) is 0. The largest absolute Gasteiger partial charge is 0.0928 e. The fourth-order valence-corrected chi connectivity index (χ4v) is 1.13. The van der Waals surface area contributed by atoms with Gasteiger partial charge in [0.05, 0.1) is 0 Å². The molecule has 0 aliphatic heterocycles. The number of alkyl halides is 1. The van der Waals surface area contributed by atoms with Crippen LogP contribution in [0.4, 0.5) is 0 Å². The maximum absolute atomic E-state index is 3.40. The maximum atomic E-state index is 3.40. The standard InChI is InChI=1S/C8H16Br/c1-2-3-4-5-6-7-8-9/h4H,2-3,5-8H2,1H3. The molecule has 0 heterocycles. The second-order valence-corrected chi connectivity index (χ2v) is 3.06.